The Hall–Kier alpha value is -17.7. The van der Waals surface area contributed by atoms with Crippen LogP contribution in [0.2, 0.25) is 0 Å². The third kappa shape index (κ3) is 16.5. The molecule has 0 bridgehead atoms. The number of aryl methyl sites for hydroxylation is 8. The number of hydrogen-bond donors (Lipinski definition) is 0. The average Bonchev–Trinajstić information content (AvgIpc) is 0.716. The van der Waals surface area contributed by atoms with Crippen molar-refractivity contribution in [3.8, 4) is 89.0 Å². The first kappa shape index (κ1) is 90.1. The van der Waals surface area contributed by atoms with E-state index in [9.17, 15) is 0 Å². The average molecular weight is 1870 g/mol. The van der Waals surface area contributed by atoms with Crippen LogP contribution in [0.4, 0.5) is 85.8 Å². The second-order valence-corrected chi connectivity index (χ2v) is 38.1. The number of halogens is 4. The van der Waals surface area contributed by atoms with Gasteiger partial charge in [0.25, 0.3) is 0 Å². The first-order chi connectivity index (χ1) is 70.4. The SMILES string of the molecule is Cc1ccc(-c2ccc(N(c3ccccc3)c3ccc4ccc5c(N(c6ccccc6)c6ccc(-c7ccc(C)cc7)c(-c7cccc(C)c7)c6F)ccc6ccc3c4c65)c(F)c2-c2ccc(C)cc2)cc1.Cc1cccc(-c2ccc(N(c3ccccc3)c3ccc4ccc5c(N(c6ccccc6)c6ccc(-c7cccc(C)c7)c(-c7cccc(C)c7)c6F)ccc6ccc3c4c65)c(F)c2-c2cccc(C)c2)c1. The number of nitrogens with zero attached hydrogens (tertiary/aromatic N) is 4. The maximum Gasteiger partial charge on any atom is 0.155 e. The summed E-state index contributed by atoms with van der Waals surface area (Å²) in [5.74, 6) is -1.24. The summed E-state index contributed by atoms with van der Waals surface area (Å²) in [5, 5.41) is 12.2. The molecule has 24 aromatic rings. The van der Waals surface area contributed by atoms with E-state index < -0.39 is 0 Å². The van der Waals surface area contributed by atoms with Gasteiger partial charge in [-0.05, 0) is 262 Å². The number of anilines is 12. The maximum absolute atomic E-state index is 18.3. The van der Waals surface area contributed by atoms with E-state index in [1.165, 1.54) is 0 Å². The summed E-state index contributed by atoms with van der Waals surface area (Å²) in [7, 11) is 0. The molecule has 4 nitrogen and oxygen atoms in total. The van der Waals surface area contributed by atoms with Gasteiger partial charge in [-0.15, -0.1) is 0 Å². The van der Waals surface area contributed by atoms with E-state index in [1.807, 2.05) is 257 Å². The first-order valence-electron chi connectivity index (χ1n) is 49.1. The van der Waals surface area contributed by atoms with Crippen molar-refractivity contribution < 1.29 is 17.6 Å². The first-order valence-corrected chi connectivity index (χ1v) is 49.1. The van der Waals surface area contributed by atoms with Gasteiger partial charge in [0.1, 0.15) is 0 Å². The minimum absolute atomic E-state index is 0.310. The van der Waals surface area contributed by atoms with Gasteiger partial charge in [-0.2, -0.15) is 0 Å². The van der Waals surface area contributed by atoms with Crippen LogP contribution in [0.5, 0.6) is 0 Å². The van der Waals surface area contributed by atoms with E-state index in [0.717, 1.165) is 221 Å². The molecule has 0 saturated heterocycles. The Bertz CT molecular complexity index is 8760. The topological polar surface area (TPSA) is 13.0 Å². The highest BCUT2D eigenvalue weighted by atomic mass is 19.1. The molecule has 24 rings (SSSR count). The molecule has 692 valence electrons. The molecule has 0 radical (unpaired) electrons. The lowest BCUT2D eigenvalue weighted by Crippen LogP contribution is -2.14. The summed E-state index contributed by atoms with van der Waals surface area (Å²) in [6, 6.07) is 156. The van der Waals surface area contributed by atoms with Crippen LogP contribution >= 0.6 is 0 Å². The molecule has 24 aromatic carbocycles. The monoisotopic (exact) mass is 1860 g/mol. The fraction of sp³-hybridized carbons (Fsp3) is 0.0588. The number of hydrogen-bond acceptors (Lipinski definition) is 4. The molecule has 0 aliphatic carbocycles. The standard InChI is InChI=1S/2C68H50F2N2/c1-43-15-11-19-49(39-43)55-33-37-61(67(69)65(55)51-21-13-17-45(3)41-51)71(53-23-7-5-8-24-53)59-35-29-47-28-32-58-60(36-30-48-27-31-57(59)63(47)64(48)58)72(54-25-9-6-10-26-54)62-38-34-56(50-20-12-16-44(2)40-50)66(68(62)70)52-22-14-18-46(4)42-52;1-43-18-24-47(25-19-43)55-36-40-61(67(69)65(55)51-28-22-45(3)23-29-51)71(53-14-7-5-8-15-53)59-38-32-49-31-35-58-60(39-33-50-30-34-57(59)63(49)64(50)58)72(54-16-9-6-10-17-54)62-41-37-56(48-26-20-44(2)21-27-48)66(68(62)70)52-13-11-12-46(4)42-52/h2*5-42H,1-4H3. The fourth-order valence-corrected chi connectivity index (χ4v) is 21.5. The number of rotatable bonds is 20. The van der Waals surface area contributed by atoms with Gasteiger partial charge in [-0.1, -0.05) is 408 Å². The molecule has 0 saturated carbocycles. The molecule has 0 aromatic heterocycles. The molecule has 0 atom stereocenters. The fourth-order valence-electron chi connectivity index (χ4n) is 21.5. The van der Waals surface area contributed by atoms with Gasteiger partial charge < -0.3 is 19.6 Å². The van der Waals surface area contributed by atoms with E-state index in [4.69, 9.17) is 0 Å². The van der Waals surface area contributed by atoms with Crippen LogP contribution in [0, 0.1) is 78.7 Å². The number of benzene rings is 24. The molecule has 0 amide bonds. The van der Waals surface area contributed by atoms with Gasteiger partial charge >= 0.3 is 0 Å². The van der Waals surface area contributed by atoms with Gasteiger partial charge in [0.05, 0.1) is 45.5 Å². The lowest BCUT2D eigenvalue weighted by Gasteiger charge is -2.30. The van der Waals surface area contributed by atoms with Crippen LogP contribution in [-0.2, 0) is 0 Å². The molecule has 0 unspecified atom stereocenters. The van der Waals surface area contributed by atoms with E-state index in [0.29, 0.717) is 45.0 Å². The van der Waals surface area contributed by atoms with Crippen molar-refractivity contribution in [1.29, 1.82) is 0 Å². The van der Waals surface area contributed by atoms with Crippen LogP contribution < -0.4 is 19.6 Å². The van der Waals surface area contributed by atoms with Crippen LogP contribution in [0.25, 0.3) is 154 Å². The highest BCUT2D eigenvalue weighted by molar-refractivity contribution is 6.30. The normalized spacial score (nSPS) is 11.5. The quantitative estimate of drug-likeness (QED) is 0.0557. The Kier molecular flexibility index (Phi) is 23.7. The molecule has 144 heavy (non-hydrogen) atoms. The van der Waals surface area contributed by atoms with Crippen molar-refractivity contribution in [1.82, 2.24) is 0 Å². The van der Waals surface area contributed by atoms with Gasteiger partial charge in [0.15, 0.2) is 23.3 Å². The van der Waals surface area contributed by atoms with Crippen molar-refractivity contribution >= 4 is 133 Å². The Morgan fingerprint density at radius 2 is 0.347 bits per heavy atom. The van der Waals surface area contributed by atoms with Gasteiger partial charge in [0, 0.05) is 66.5 Å². The van der Waals surface area contributed by atoms with E-state index >= 15 is 17.6 Å². The molecule has 0 N–H and O–H groups in total. The zero-order chi connectivity index (χ0) is 98.1. The van der Waals surface area contributed by atoms with E-state index in [1.54, 1.807) is 0 Å². The maximum atomic E-state index is 18.3. The second kappa shape index (κ2) is 37.8. The largest absolute Gasteiger partial charge is 0.307 e. The van der Waals surface area contributed by atoms with Gasteiger partial charge in [-0.25, -0.2) is 17.6 Å². The van der Waals surface area contributed by atoms with Crippen molar-refractivity contribution in [2.24, 2.45) is 0 Å². The zero-order valence-electron chi connectivity index (χ0n) is 81.2. The van der Waals surface area contributed by atoms with Crippen molar-refractivity contribution in [3.63, 3.8) is 0 Å². The Labute approximate surface area is 837 Å². The minimum atomic E-state index is -0.312. The lowest BCUT2D eigenvalue weighted by molar-refractivity contribution is 0.632. The van der Waals surface area contributed by atoms with Crippen LogP contribution in [0.15, 0.2) is 461 Å². The predicted octanol–water partition coefficient (Wildman–Crippen LogP) is 39.4. The summed E-state index contributed by atoms with van der Waals surface area (Å²) in [6.45, 7) is 16.5. The summed E-state index contributed by atoms with van der Waals surface area (Å²) in [6.07, 6.45) is 0. The second-order valence-electron chi connectivity index (χ2n) is 38.1. The van der Waals surface area contributed by atoms with E-state index in [-0.39, 0.29) is 23.3 Å². The van der Waals surface area contributed by atoms with Crippen molar-refractivity contribution in [3.05, 3.63) is 529 Å². The Balaban J connectivity index is 0.000000159. The summed E-state index contributed by atoms with van der Waals surface area (Å²) in [4.78, 5) is 8.26. The summed E-state index contributed by atoms with van der Waals surface area (Å²) < 4.78 is 73.0. The molecular weight excluding hydrogens is 1770 g/mol. The highest BCUT2D eigenvalue weighted by Crippen LogP contribution is 2.56. The molecule has 0 spiro atoms. The van der Waals surface area contributed by atoms with Gasteiger partial charge in [-0.3, -0.25) is 0 Å². The Morgan fingerprint density at radius 3 is 0.590 bits per heavy atom. The van der Waals surface area contributed by atoms with E-state index in [2.05, 4.69) is 279 Å². The molecule has 0 aliphatic heterocycles. The third-order valence-corrected chi connectivity index (χ3v) is 28.4. The molecule has 0 fully saturated rings. The van der Waals surface area contributed by atoms with Crippen molar-refractivity contribution in [2.45, 2.75) is 55.4 Å². The third-order valence-electron chi connectivity index (χ3n) is 28.4. The Morgan fingerprint density at radius 1 is 0.146 bits per heavy atom. The zero-order valence-corrected chi connectivity index (χ0v) is 81.2. The van der Waals surface area contributed by atoms with Crippen LogP contribution in [0.1, 0.15) is 44.5 Å². The molecule has 0 aliphatic rings. The molecule has 0 heterocycles. The predicted molar refractivity (Wildman–Crippen MR) is 600 cm³/mol. The van der Waals surface area contributed by atoms with Crippen LogP contribution in [-0.4, -0.2) is 0 Å². The van der Waals surface area contributed by atoms with Crippen LogP contribution in [0.3, 0.4) is 0 Å². The number of para-hydroxylation sites is 4. The minimum Gasteiger partial charge on any atom is -0.307 e. The smallest absolute Gasteiger partial charge is 0.155 e. The van der Waals surface area contributed by atoms with Gasteiger partial charge in [0.2, 0.25) is 0 Å². The van der Waals surface area contributed by atoms with Crippen molar-refractivity contribution in [2.75, 3.05) is 19.6 Å². The molecular formula is C136H100F4N4. The summed E-state index contributed by atoms with van der Waals surface area (Å²) >= 11 is 0. The summed E-state index contributed by atoms with van der Waals surface area (Å²) in [5.41, 5.74) is 29.8. The lowest BCUT2D eigenvalue weighted by atomic mass is 9.90. The highest BCUT2D eigenvalue weighted by Gasteiger charge is 2.33. The molecule has 8 heteroatoms.